The molecule has 0 saturated carbocycles. The molecule has 3 heteroatoms. The summed E-state index contributed by atoms with van der Waals surface area (Å²) in [7, 11) is 0. The first-order valence-corrected chi connectivity index (χ1v) is 4.94. The molecule has 0 unspecified atom stereocenters. The molecule has 0 aromatic heterocycles. The predicted molar refractivity (Wildman–Crippen MR) is 56.8 cm³/mol. The maximum absolute atomic E-state index is 11.1. The van der Waals surface area contributed by atoms with Crippen LogP contribution in [0.2, 0.25) is 0 Å². The van der Waals surface area contributed by atoms with E-state index in [-0.39, 0.29) is 5.91 Å². The second-order valence-corrected chi connectivity index (χ2v) is 3.83. The summed E-state index contributed by atoms with van der Waals surface area (Å²) < 4.78 is 1.02. The van der Waals surface area contributed by atoms with E-state index in [9.17, 15) is 4.79 Å². The van der Waals surface area contributed by atoms with Crippen LogP contribution in [-0.4, -0.2) is 5.91 Å². The van der Waals surface area contributed by atoms with Gasteiger partial charge in [-0.1, -0.05) is 22.9 Å². The van der Waals surface area contributed by atoms with Crippen LogP contribution in [0.3, 0.4) is 0 Å². The highest BCUT2D eigenvalue weighted by atomic mass is 79.9. The molecule has 1 rings (SSSR count). The Labute approximate surface area is 86.3 Å². The van der Waals surface area contributed by atoms with Gasteiger partial charge in [-0.25, -0.2) is 0 Å². The third-order valence-electron chi connectivity index (χ3n) is 2.03. The van der Waals surface area contributed by atoms with Gasteiger partial charge in [-0.3, -0.25) is 4.79 Å². The van der Waals surface area contributed by atoms with Crippen molar-refractivity contribution in [3.05, 3.63) is 33.3 Å². The summed E-state index contributed by atoms with van der Waals surface area (Å²) >= 11 is 3.42. The molecule has 1 amide bonds. The van der Waals surface area contributed by atoms with Gasteiger partial charge >= 0.3 is 0 Å². The lowest BCUT2D eigenvalue weighted by atomic mass is 10.0. The number of primary amides is 1. The largest absolute Gasteiger partial charge is 0.366 e. The Balaban J connectivity index is 3.33. The number of halogens is 1. The van der Waals surface area contributed by atoms with Crippen molar-refractivity contribution in [2.75, 3.05) is 0 Å². The SMILES string of the molecule is CCc1cc(Br)c(C)cc1C(N)=O. The Morgan fingerprint density at radius 2 is 2.15 bits per heavy atom. The van der Waals surface area contributed by atoms with Crippen molar-refractivity contribution >= 4 is 21.8 Å². The molecule has 0 spiro atoms. The molecule has 70 valence electrons. The van der Waals surface area contributed by atoms with Gasteiger partial charge in [-0.05, 0) is 36.6 Å². The van der Waals surface area contributed by atoms with E-state index in [0.717, 1.165) is 22.0 Å². The third-order valence-corrected chi connectivity index (χ3v) is 2.89. The summed E-state index contributed by atoms with van der Waals surface area (Å²) in [5.41, 5.74) is 7.91. The van der Waals surface area contributed by atoms with Crippen molar-refractivity contribution in [3.8, 4) is 0 Å². The molecule has 2 N–H and O–H groups in total. The highest BCUT2D eigenvalue weighted by Gasteiger charge is 2.08. The van der Waals surface area contributed by atoms with Gasteiger partial charge in [0.2, 0.25) is 5.91 Å². The third kappa shape index (κ3) is 2.10. The summed E-state index contributed by atoms with van der Waals surface area (Å²) in [5.74, 6) is -0.354. The highest BCUT2D eigenvalue weighted by molar-refractivity contribution is 9.10. The van der Waals surface area contributed by atoms with Gasteiger partial charge in [-0.2, -0.15) is 0 Å². The van der Waals surface area contributed by atoms with E-state index < -0.39 is 0 Å². The number of nitrogens with two attached hydrogens (primary N) is 1. The fourth-order valence-corrected chi connectivity index (χ4v) is 1.64. The number of rotatable bonds is 2. The number of carbonyl (C=O) groups excluding carboxylic acids is 1. The lowest BCUT2D eigenvalue weighted by Crippen LogP contribution is -2.13. The normalized spacial score (nSPS) is 10.1. The molecule has 0 aliphatic carbocycles. The first-order valence-electron chi connectivity index (χ1n) is 4.15. The molecule has 0 atom stereocenters. The van der Waals surface area contributed by atoms with Gasteiger partial charge in [0.1, 0.15) is 0 Å². The van der Waals surface area contributed by atoms with Gasteiger partial charge < -0.3 is 5.73 Å². The monoisotopic (exact) mass is 241 g/mol. The zero-order valence-electron chi connectivity index (χ0n) is 7.73. The zero-order chi connectivity index (χ0) is 10.0. The van der Waals surface area contributed by atoms with Crippen LogP contribution < -0.4 is 5.73 Å². The fourth-order valence-electron chi connectivity index (χ4n) is 1.24. The number of benzene rings is 1. The van der Waals surface area contributed by atoms with Crippen molar-refractivity contribution in [2.24, 2.45) is 5.73 Å². The van der Waals surface area contributed by atoms with E-state index in [1.807, 2.05) is 26.0 Å². The van der Waals surface area contributed by atoms with Crippen LogP contribution in [0.15, 0.2) is 16.6 Å². The maximum Gasteiger partial charge on any atom is 0.248 e. The quantitative estimate of drug-likeness (QED) is 0.850. The molecule has 0 aliphatic heterocycles. The van der Waals surface area contributed by atoms with Crippen LogP contribution in [-0.2, 0) is 6.42 Å². The second-order valence-electron chi connectivity index (χ2n) is 2.98. The van der Waals surface area contributed by atoms with E-state index in [1.54, 1.807) is 0 Å². The molecule has 1 aromatic rings. The molecule has 0 aliphatic rings. The van der Waals surface area contributed by atoms with Crippen LogP contribution in [0.25, 0.3) is 0 Å². The van der Waals surface area contributed by atoms with Gasteiger partial charge in [-0.15, -0.1) is 0 Å². The molecule has 0 fully saturated rings. The van der Waals surface area contributed by atoms with Gasteiger partial charge in [0.05, 0.1) is 0 Å². The average Bonchev–Trinajstić information content (AvgIpc) is 2.08. The molecular weight excluding hydrogens is 230 g/mol. The minimum Gasteiger partial charge on any atom is -0.366 e. The molecule has 2 nitrogen and oxygen atoms in total. The van der Waals surface area contributed by atoms with Crippen LogP contribution in [0.1, 0.15) is 28.4 Å². The van der Waals surface area contributed by atoms with E-state index in [1.165, 1.54) is 0 Å². The van der Waals surface area contributed by atoms with E-state index in [0.29, 0.717) is 5.56 Å². The van der Waals surface area contributed by atoms with E-state index >= 15 is 0 Å². The maximum atomic E-state index is 11.1. The predicted octanol–water partition coefficient (Wildman–Crippen LogP) is 2.42. The molecule has 0 radical (unpaired) electrons. The molecule has 0 bridgehead atoms. The number of hydrogen-bond donors (Lipinski definition) is 1. The van der Waals surface area contributed by atoms with Crippen molar-refractivity contribution in [3.63, 3.8) is 0 Å². The van der Waals surface area contributed by atoms with Crippen LogP contribution in [0.4, 0.5) is 0 Å². The van der Waals surface area contributed by atoms with Gasteiger partial charge in [0.25, 0.3) is 0 Å². The summed E-state index contributed by atoms with van der Waals surface area (Å²) in [6.07, 6.45) is 0.817. The Morgan fingerprint density at radius 1 is 1.54 bits per heavy atom. The second kappa shape index (κ2) is 3.92. The van der Waals surface area contributed by atoms with Crippen LogP contribution in [0.5, 0.6) is 0 Å². The van der Waals surface area contributed by atoms with Gasteiger partial charge in [0.15, 0.2) is 0 Å². The summed E-state index contributed by atoms with van der Waals surface area (Å²) in [4.78, 5) is 11.1. The first kappa shape index (κ1) is 10.3. The number of carbonyl (C=O) groups is 1. The van der Waals surface area contributed by atoms with Crippen molar-refractivity contribution in [2.45, 2.75) is 20.3 Å². The minimum atomic E-state index is -0.354. The lowest BCUT2D eigenvalue weighted by Gasteiger charge is -2.07. The molecule has 0 heterocycles. The molecule has 1 aromatic carbocycles. The Kier molecular flexibility index (Phi) is 3.09. The van der Waals surface area contributed by atoms with Crippen LogP contribution >= 0.6 is 15.9 Å². The summed E-state index contributed by atoms with van der Waals surface area (Å²) in [6.45, 7) is 3.94. The number of hydrogen-bond acceptors (Lipinski definition) is 1. The molecular formula is C10H12BrNO. The highest BCUT2D eigenvalue weighted by Crippen LogP contribution is 2.21. The standard InChI is InChI=1S/C10H12BrNO/c1-3-7-5-9(11)6(2)4-8(7)10(12)13/h4-5H,3H2,1-2H3,(H2,12,13). The smallest absolute Gasteiger partial charge is 0.248 e. The Bertz CT molecular complexity index is 347. The van der Waals surface area contributed by atoms with Crippen molar-refractivity contribution in [1.82, 2.24) is 0 Å². The first-order chi connectivity index (χ1) is 6.06. The molecule has 13 heavy (non-hydrogen) atoms. The van der Waals surface area contributed by atoms with E-state index in [2.05, 4.69) is 15.9 Å². The van der Waals surface area contributed by atoms with Crippen LogP contribution in [0, 0.1) is 6.92 Å². The van der Waals surface area contributed by atoms with Crippen molar-refractivity contribution in [1.29, 1.82) is 0 Å². The average molecular weight is 242 g/mol. The number of aryl methyl sites for hydroxylation is 2. The zero-order valence-corrected chi connectivity index (χ0v) is 9.31. The number of amides is 1. The lowest BCUT2D eigenvalue weighted by molar-refractivity contribution is 0.0999. The Morgan fingerprint density at radius 3 is 2.62 bits per heavy atom. The van der Waals surface area contributed by atoms with Crippen molar-refractivity contribution < 1.29 is 4.79 Å². The Hall–Kier alpha value is -0.830. The summed E-state index contributed by atoms with van der Waals surface area (Å²) in [5, 5.41) is 0. The molecule has 0 saturated heterocycles. The minimum absolute atomic E-state index is 0.354. The topological polar surface area (TPSA) is 43.1 Å². The summed E-state index contributed by atoms with van der Waals surface area (Å²) in [6, 6.07) is 3.78. The van der Waals surface area contributed by atoms with E-state index in [4.69, 9.17) is 5.73 Å². The fraction of sp³-hybridized carbons (Fsp3) is 0.300. The van der Waals surface area contributed by atoms with Gasteiger partial charge in [0, 0.05) is 10.0 Å².